The molecule has 3 N–H and O–H groups in total. The number of unbranched alkanes of at least 4 members (excludes halogenated alkanes) is 4. The molecule has 0 aromatic heterocycles. The predicted octanol–water partition coefficient (Wildman–Crippen LogP) is 7.32. The largest absolute Gasteiger partial charge is 0.460 e. The molecule has 4 rings (SSSR count). The van der Waals surface area contributed by atoms with Crippen molar-refractivity contribution in [3.05, 3.63) is 80.4 Å². The van der Waals surface area contributed by atoms with E-state index in [0.29, 0.717) is 22.3 Å². The topological polar surface area (TPSA) is 149 Å². The van der Waals surface area contributed by atoms with E-state index in [4.69, 9.17) is 18.9 Å². The Morgan fingerprint density at radius 2 is 1.63 bits per heavy atom. The van der Waals surface area contributed by atoms with Crippen LogP contribution in [-0.2, 0) is 35.1 Å². The van der Waals surface area contributed by atoms with Crippen molar-refractivity contribution in [3.63, 3.8) is 0 Å². The molecule has 1 aliphatic heterocycles. The lowest BCUT2D eigenvalue weighted by Gasteiger charge is -2.31. The molecule has 1 aliphatic carbocycles. The summed E-state index contributed by atoms with van der Waals surface area (Å²) in [6.07, 6.45) is 7.90. The van der Waals surface area contributed by atoms with Gasteiger partial charge in [-0.05, 0) is 111 Å². The van der Waals surface area contributed by atoms with Gasteiger partial charge in [0.05, 0.1) is 18.2 Å². The van der Waals surface area contributed by atoms with Crippen LogP contribution < -0.4 is 10.6 Å². The summed E-state index contributed by atoms with van der Waals surface area (Å²) in [5.74, 6) is -2.46. The fourth-order valence-corrected chi connectivity index (χ4v) is 7.03. The molecule has 54 heavy (non-hydrogen) atoms. The summed E-state index contributed by atoms with van der Waals surface area (Å²) in [6.45, 7) is 9.45. The maximum Gasteiger partial charge on any atom is 0.338 e. The number of rotatable bonds is 19. The molecule has 4 unspecified atom stereocenters. The SMILES string of the molecule is CCCCCC1(CCCCC)OC2C=C(C(=O)NCc3cccc(C(=O)NC(CO)CCC(=O)OC(C)(C)C)c3)CC(OC(=O)c3ccc(I)cc3)C2O1. The first-order chi connectivity index (χ1) is 25.7. The van der Waals surface area contributed by atoms with Crippen LogP contribution in [0.2, 0.25) is 0 Å². The number of benzene rings is 2. The second-order valence-electron chi connectivity index (χ2n) is 15.2. The maximum absolute atomic E-state index is 13.7. The standard InChI is InChI=1S/C42H57IN2O9/c1-6-8-10-21-42(22-11-9-7-2)52-35-25-31(24-34(37(35)54-42)51-40(50)29-15-17-32(43)18-16-29)38(48)44-26-28-13-12-14-30(23-28)39(49)45-33(27-46)19-20-36(47)53-41(3,4)5/h12-18,23,25,33-35,37,46H,6-11,19-22,24,26-27H2,1-5H3,(H,44,48)(H,45,49). The van der Waals surface area contributed by atoms with Crippen LogP contribution in [0.1, 0.15) is 132 Å². The van der Waals surface area contributed by atoms with E-state index in [9.17, 15) is 24.3 Å². The number of aliphatic hydroxyl groups is 1. The monoisotopic (exact) mass is 860 g/mol. The second-order valence-corrected chi connectivity index (χ2v) is 16.4. The van der Waals surface area contributed by atoms with Gasteiger partial charge in [-0.1, -0.05) is 51.7 Å². The van der Waals surface area contributed by atoms with Crippen molar-refractivity contribution in [2.24, 2.45) is 0 Å². The molecule has 0 spiro atoms. The molecular formula is C42H57IN2O9. The third kappa shape index (κ3) is 13.2. The second kappa shape index (κ2) is 20.5. The van der Waals surface area contributed by atoms with E-state index in [1.54, 1.807) is 57.2 Å². The van der Waals surface area contributed by atoms with E-state index >= 15 is 0 Å². The first kappa shape index (κ1) is 43.4. The van der Waals surface area contributed by atoms with Crippen LogP contribution in [0.15, 0.2) is 60.2 Å². The molecule has 0 radical (unpaired) electrons. The van der Waals surface area contributed by atoms with Crippen LogP contribution in [0.3, 0.4) is 0 Å². The molecule has 2 amide bonds. The summed E-state index contributed by atoms with van der Waals surface area (Å²) in [5, 5.41) is 15.6. The highest BCUT2D eigenvalue weighted by Crippen LogP contribution is 2.43. The zero-order valence-corrected chi connectivity index (χ0v) is 34.4. The van der Waals surface area contributed by atoms with Gasteiger partial charge in [0.15, 0.2) is 5.79 Å². The Morgan fingerprint density at radius 1 is 0.944 bits per heavy atom. The minimum Gasteiger partial charge on any atom is -0.460 e. The molecule has 1 saturated heterocycles. The highest BCUT2D eigenvalue weighted by Gasteiger charge is 2.52. The van der Waals surface area contributed by atoms with E-state index in [1.807, 2.05) is 18.2 Å². The highest BCUT2D eigenvalue weighted by molar-refractivity contribution is 14.1. The Balaban J connectivity index is 1.45. The smallest absolute Gasteiger partial charge is 0.338 e. The van der Waals surface area contributed by atoms with Crippen LogP contribution >= 0.6 is 22.6 Å². The number of hydrogen-bond donors (Lipinski definition) is 3. The lowest BCUT2D eigenvalue weighted by molar-refractivity contribution is -0.190. The van der Waals surface area contributed by atoms with Gasteiger partial charge in [-0.3, -0.25) is 14.4 Å². The minimum atomic E-state index is -0.818. The average Bonchev–Trinajstić information content (AvgIpc) is 3.50. The van der Waals surface area contributed by atoms with Crippen molar-refractivity contribution in [2.75, 3.05) is 6.61 Å². The molecule has 2 aliphatic rings. The number of ether oxygens (including phenoxy) is 4. The number of amides is 2. The van der Waals surface area contributed by atoms with Gasteiger partial charge in [-0.25, -0.2) is 4.79 Å². The Bertz CT molecular complexity index is 1590. The van der Waals surface area contributed by atoms with Gasteiger partial charge in [0.1, 0.15) is 23.9 Å². The number of aliphatic hydroxyl groups excluding tert-OH is 1. The first-order valence-electron chi connectivity index (χ1n) is 19.3. The van der Waals surface area contributed by atoms with E-state index in [-0.39, 0.29) is 38.3 Å². The number of halogens is 1. The van der Waals surface area contributed by atoms with Crippen molar-refractivity contribution in [2.45, 2.75) is 148 Å². The van der Waals surface area contributed by atoms with Crippen LogP contribution in [0.4, 0.5) is 0 Å². The van der Waals surface area contributed by atoms with Gasteiger partial charge < -0.3 is 34.7 Å². The molecule has 0 bridgehead atoms. The molecule has 4 atom stereocenters. The number of fused-ring (bicyclic) bond motifs is 1. The third-order valence-electron chi connectivity index (χ3n) is 9.45. The van der Waals surface area contributed by atoms with Gasteiger partial charge in [0.25, 0.3) is 5.91 Å². The molecule has 2 aromatic rings. The first-order valence-corrected chi connectivity index (χ1v) is 20.4. The molecule has 1 fully saturated rings. The molecule has 12 heteroatoms. The Morgan fingerprint density at radius 3 is 2.26 bits per heavy atom. The quantitative estimate of drug-likeness (QED) is 0.0751. The Labute approximate surface area is 333 Å². The molecular weight excluding hydrogens is 803 g/mol. The molecule has 11 nitrogen and oxygen atoms in total. The van der Waals surface area contributed by atoms with E-state index in [0.717, 1.165) is 54.9 Å². The number of esters is 2. The van der Waals surface area contributed by atoms with Gasteiger partial charge in [0, 0.05) is 46.9 Å². The van der Waals surface area contributed by atoms with Gasteiger partial charge >= 0.3 is 11.9 Å². The summed E-state index contributed by atoms with van der Waals surface area (Å²) in [6, 6.07) is 13.3. The van der Waals surface area contributed by atoms with Gasteiger partial charge in [-0.2, -0.15) is 0 Å². The van der Waals surface area contributed by atoms with Crippen LogP contribution in [0.5, 0.6) is 0 Å². The number of hydrogen-bond acceptors (Lipinski definition) is 9. The summed E-state index contributed by atoms with van der Waals surface area (Å²) >= 11 is 2.18. The molecule has 1 heterocycles. The zero-order chi connectivity index (χ0) is 39.3. The predicted molar refractivity (Wildman–Crippen MR) is 214 cm³/mol. The fraction of sp³-hybridized carbons (Fsp3) is 0.571. The third-order valence-corrected chi connectivity index (χ3v) is 10.2. The van der Waals surface area contributed by atoms with Crippen molar-refractivity contribution in [1.29, 1.82) is 0 Å². The van der Waals surface area contributed by atoms with Crippen molar-refractivity contribution < 1.29 is 43.2 Å². The molecule has 0 saturated carbocycles. The maximum atomic E-state index is 13.7. The normalized spacial score (nSPS) is 19.6. The molecule has 296 valence electrons. The lowest BCUT2D eigenvalue weighted by atomic mass is 9.91. The molecule has 2 aromatic carbocycles. The summed E-state index contributed by atoms with van der Waals surface area (Å²) in [7, 11) is 0. The van der Waals surface area contributed by atoms with Gasteiger partial charge in [0.2, 0.25) is 5.91 Å². The number of carbonyl (C=O) groups excluding carboxylic acids is 4. The summed E-state index contributed by atoms with van der Waals surface area (Å²) in [4.78, 5) is 52.3. The van der Waals surface area contributed by atoms with Crippen molar-refractivity contribution in [3.8, 4) is 0 Å². The van der Waals surface area contributed by atoms with Crippen LogP contribution in [0.25, 0.3) is 0 Å². The van der Waals surface area contributed by atoms with E-state index < -0.39 is 53.6 Å². The van der Waals surface area contributed by atoms with Crippen molar-refractivity contribution >= 4 is 46.3 Å². The van der Waals surface area contributed by atoms with Crippen molar-refractivity contribution in [1.82, 2.24) is 10.6 Å². The minimum absolute atomic E-state index is 0.0495. The zero-order valence-electron chi connectivity index (χ0n) is 32.3. The van der Waals surface area contributed by atoms with Crippen LogP contribution in [0, 0.1) is 3.57 Å². The lowest BCUT2D eigenvalue weighted by Crippen LogP contribution is -2.43. The average molecular weight is 861 g/mol. The van der Waals surface area contributed by atoms with Crippen LogP contribution in [-0.4, -0.2) is 71.2 Å². The summed E-state index contributed by atoms with van der Waals surface area (Å²) < 4.78 is 25.9. The Kier molecular flexibility index (Phi) is 16.5. The number of carbonyl (C=O) groups is 4. The fourth-order valence-electron chi connectivity index (χ4n) is 6.67. The van der Waals surface area contributed by atoms with E-state index in [2.05, 4.69) is 47.1 Å². The van der Waals surface area contributed by atoms with E-state index in [1.165, 1.54) is 0 Å². The van der Waals surface area contributed by atoms with Gasteiger partial charge in [-0.15, -0.1) is 0 Å². The highest BCUT2D eigenvalue weighted by atomic mass is 127. The number of nitrogens with one attached hydrogen (secondary N) is 2. The summed E-state index contributed by atoms with van der Waals surface area (Å²) in [5.41, 5.74) is 1.26. The Hall–Kier alpha value is -3.33.